The van der Waals surface area contributed by atoms with Gasteiger partial charge in [0.05, 0.1) is 25.1 Å². The normalized spacial score (nSPS) is 10.3. The Bertz CT molecular complexity index is 1090. The van der Waals surface area contributed by atoms with Gasteiger partial charge in [-0.3, -0.25) is 9.59 Å². The van der Waals surface area contributed by atoms with Crippen LogP contribution in [-0.2, 0) is 4.74 Å². The Labute approximate surface area is 166 Å². The van der Waals surface area contributed by atoms with E-state index in [1.165, 1.54) is 13.2 Å². The van der Waals surface area contributed by atoms with Gasteiger partial charge in [0, 0.05) is 11.6 Å². The van der Waals surface area contributed by atoms with Gasteiger partial charge in [-0.1, -0.05) is 24.3 Å². The molecule has 0 aliphatic rings. The number of hydrogen-bond donors (Lipinski definition) is 1. The van der Waals surface area contributed by atoms with E-state index in [0.29, 0.717) is 17.0 Å². The van der Waals surface area contributed by atoms with Crippen LogP contribution in [0.2, 0.25) is 0 Å². The number of carbonyl (C=O) groups is 2. The zero-order valence-corrected chi connectivity index (χ0v) is 15.9. The zero-order valence-electron chi connectivity index (χ0n) is 15.9. The molecule has 3 aromatic rings. The predicted molar refractivity (Wildman–Crippen MR) is 107 cm³/mol. The van der Waals surface area contributed by atoms with Crippen molar-refractivity contribution >= 4 is 17.6 Å². The molecule has 8 heteroatoms. The number of rotatable bonds is 6. The quantitative estimate of drug-likeness (QED) is 0.647. The van der Waals surface area contributed by atoms with E-state index in [-0.39, 0.29) is 18.0 Å². The van der Waals surface area contributed by atoms with Crippen LogP contribution in [-0.4, -0.2) is 35.4 Å². The maximum Gasteiger partial charge on any atom is 0.360 e. The number of carbonyl (C=O) groups excluding carboxylic acids is 2. The van der Waals surface area contributed by atoms with Gasteiger partial charge in [0.2, 0.25) is 0 Å². The van der Waals surface area contributed by atoms with Crippen LogP contribution < -0.4 is 15.6 Å². The second-order valence-corrected chi connectivity index (χ2v) is 5.90. The highest BCUT2D eigenvalue weighted by Crippen LogP contribution is 2.17. The molecule has 0 atom stereocenters. The van der Waals surface area contributed by atoms with E-state index in [4.69, 9.17) is 9.47 Å². The lowest BCUT2D eigenvalue weighted by molar-refractivity contribution is 0.0518. The fourth-order valence-corrected chi connectivity index (χ4v) is 2.61. The first-order chi connectivity index (χ1) is 14.0. The maximum absolute atomic E-state index is 12.6. The summed E-state index contributed by atoms with van der Waals surface area (Å²) in [5, 5.41) is 6.70. The average Bonchev–Trinajstić information content (AvgIpc) is 2.74. The van der Waals surface area contributed by atoms with Crippen LogP contribution in [0.25, 0.3) is 5.69 Å². The topological polar surface area (TPSA) is 99.5 Å². The van der Waals surface area contributed by atoms with Crippen molar-refractivity contribution in [1.82, 2.24) is 9.78 Å². The SMILES string of the molecule is CCOC(=O)c1nn(-c2ccccc2)c(=O)cc1NC(=O)c1cccc(OC)c1. The van der Waals surface area contributed by atoms with Crippen molar-refractivity contribution in [3.8, 4) is 11.4 Å². The van der Waals surface area contributed by atoms with Crippen molar-refractivity contribution in [3.05, 3.63) is 82.3 Å². The van der Waals surface area contributed by atoms with Gasteiger partial charge in [-0.25, -0.2) is 4.79 Å². The summed E-state index contributed by atoms with van der Waals surface area (Å²) in [5.41, 5.74) is 0.0605. The molecule has 1 aromatic heterocycles. The second-order valence-electron chi connectivity index (χ2n) is 5.90. The molecule has 0 bridgehead atoms. The number of methoxy groups -OCH3 is 1. The summed E-state index contributed by atoms with van der Waals surface area (Å²) < 4.78 is 11.2. The summed E-state index contributed by atoms with van der Waals surface area (Å²) in [6.07, 6.45) is 0. The van der Waals surface area contributed by atoms with Crippen molar-refractivity contribution in [2.45, 2.75) is 6.92 Å². The van der Waals surface area contributed by atoms with E-state index in [2.05, 4.69) is 10.4 Å². The molecule has 0 radical (unpaired) electrons. The third kappa shape index (κ3) is 4.49. The van der Waals surface area contributed by atoms with Gasteiger partial charge in [0.15, 0.2) is 5.69 Å². The molecule has 0 saturated heterocycles. The first-order valence-corrected chi connectivity index (χ1v) is 8.85. The summed E-state index contributed by atoms with van der Waals surface area (Å²) in [5.74, 6) is -0.771. The van der Waals surface area contributed by atoms with Crippen LogP contribution in [0.4, 0.5) is 5.69 Å². The largest absolute Gasteiger partial charge is 0.497 e. The smallest absolute Gasteiger partial charge is 0.360 e. The van der Waals surface area contributed by atoms with Crippen LogP contribution >= 0.6 is 0 Å². The molecule has 1 N–H and O–H groups in total. The predicted octanol–water partition coefficient (Wildman–Crippen LogP) is 2.67. The van der Waals surface area contributed by atoms with Crippen LogP contribution in [0.5, 0.6) is 5.75 Å². The number of hydrogen-bond acceptors (Lipinski definition) is 6. The molecule has 148 valence electrons. The monoisotopic (exact) mass is 393 g/mol. The number of nitrogens with one attached hydrogen (secondary N) is 1. The fraction of sp³-hybridized carbons (Fsp3) is 0.143. The van der Waals surface area contributed by atoms with Crippen LogP contribution in [0.1, 0.15) is 27.8 Å². The van der Waals surface area contributed by atoms with Crippen LogP contribution in [0, 0.1) is 0 Å². The summed E-state index contributed by atoms with van der Waals surface area (Å²) in [6, 6.07) is 16.3. The van der Waals surface area contributed by atoms with Gasteiger partial charge >= 0.3 is 5.97 Å². The number of nitrogens with zero attached hydrogens (tertiary/aromatic N) is 2. The second kappa shape index (κ2) is 8.83. The third-order valence-corrected chi connectivity index (χ3v) is 3.98. The number of ether oxygens (including phenoxy) is 2. The lowest BCUT2D eigenvalue weighted by atomic mass is 10.2. The van der Waals surface area contributed by atoms with Gasteiger partial charge in [0.1, 0.15) is 5.75 Å². The Morgan fingerprint density at radius 3 is 2.52 bits per heavy atom. The molecule has 8 nitrogen and oxygen atoms in total. The van der Waals surface area contributed by atoms with Gasteiger partial charge in [-0.2, -0.15) is 9.78 Å². The minimum absolute atomic E-state index is 0.0338. The lowest BCUT2D eigenvalue weighted by Gasteiger charge is -2.12. The van der Waals surface area contributed by atoms with Crippen LogP contribution in [0.3, 0.4) is 0 Å². The molecule has 0 saturated carbocycles. The van der Waals surface area contributed by atoms with E-state index in [0.717, 1.165) is 10.7 Å². The first kappa shape index (κ1) is 19.8. The van der Waals surface area contributed by atoms with Crippen molar-refractivity contribution in [1.29, 1.82) is 0 Å². The van der Waals surface area contributed by atoms with Gasteiger partial charge in [-0.05, 0) is 37.3 Å². The van der Waals surface area contributed by atoms with Crippen molar-refractivity contribution in [2.75, 3.05) is 19.0 Å². The zero-order chi connectivity index (χ0) is 20.8. The Kier molecular flexibility index (Phi) is 6.03. The fourth-order valence-electron chi connectivity index (χ4n) is 2.61. The highest BCUT2D eigenvalue weighted by Gasteiger charge is 2.20. The Balaban J connectivity index is 2.03. The van der Waals surface area contributed by atoms with Crippen molar-refractivity contribution < 1.29 is 19.1 Å². The minimum atomic E-state index is -0.752. The Morgan fingerprint density at radius 2 is 1.83 bits per heavy atom. The molecule has 3 rings (SSSR count). The number of aromatic nitrogens is 2. The lowest BCUT2D eigenvalue weighted by Crippen LogP contribution is -2.27. The molecule has 0 aliphatic heterocycles. The molecule has 1 amide bonds. The molecule has 1 heterocycles. The van der Waals surface area contributed by atoms with Gasteiger partial charge in [0.25, 0.3) is 11.5 Å². The van der Waals surface area contributed by atoms with Crippen LogP contribution in [0.15, 0.2) is 65.5 Å². The van der Waals surface area contributed by atoms with Crippen molar-refractivity contribution in [3.63, 3.8) is 0 Å². The molecule has 0 unspecified atom stereocenters. The third-order valence-electron chi connectivity index (χ3n) is 3.98. The van der Waals surface area contributed by atoms with Gasteiger partial charge < -0.3 is 14.8 Å². The summed E-state index contributed by atoms with van der Waals surface area (Å²) in [7, 11) is 1.49. The van der Waals surface area contributed by atoms with E-state index < -0.39 is 17.4 Å². The molecule has 29 heavy (non-hydrogen) atoms. The molecular formula is C21H19N3O5. The molecule has 2 aromatic carbocycles. The number of benzene rings is 2. The Hall–Kier alpha value is -3.94. The summed E-state index contributed by atoms with van der Waals surface area (Å²) in [4.78, 5) is 37.6. The Morgan fingerprint density at radius 1 is 1.07 bits per heavy atom. The highest BCUT2D eigenvalue weighted by molar-refractivity contribution is 6.07. The number of amides is 1. The molecular weight excluding hydrogens is 374 g/mol. The van der Waals surface area contributed by atoms with E-state index in [1.807, 2.05) is 0 Å². The number of esters is 1. The first-order valence-electron chi connectivity index (χ1n) is 8.85. The molecule has 0 spiro atoms. The standard InChI is InChI=1S/C21H19N3O5/c1-3-29-21(27)19-17(22-20(26)14-8-7-11-16(12-14)28-2)13-18(25)24(23-19)15-9-5-4-6-10-15/h4-13H,3H2,1-2H3,(H,22,26). The van der Waals surface area contributed by atoms with E-state index in [9.17, 15) is 14.4 Å². The van der Waals surface area contributed by atoms with E-state index in [1.54, 1.807) is 55.5 Å². The van der Waals surface area contributed by atoms with Crippen molar-refractivity contribution in [2.24, 2.45) is 0 Å². The number of para-hydroxylation sites is 1. The number of anilines is 1. The minimum Gasteiger partial charge on any atom is -0.497 e. The summed E-state index contributed by atoms with van der Waals surface area (Å²) >= 11 is 0. The van der Waals surface area contributed by atoms with Gasteiger partial charge in [-0.15, -0.1) is 0 Å². The highest BCUT2D eigenvalue weighted by atomic mass is 16.5. The maximum atomic E-state index is 12.6. The summed E-state index contributed by atoms with van der Waals surface area (Å²) in [6.45, 7) is 1.77. The molecule has 0 fully saturated rings. The average molecular weight is 393 g/mol. The molecule has 0 aliphatic carbocycles. The van der Waals surface area contributed by atoms with E-state index >= 15 is 0 Å².